The van der Waals surface area contributed by atoms with Gasteiger partial charge in [0.25, 0.3) is 0 Å². The topological polar surface area (TPSA) is 12.5 Å². The van der Waals surface area contributed by atoms with Gasteiger partial charge in [-0.05, 0) is 63.1 Å². The number of ether oxygens (including phenoxy) is 1. The molecule has 2 nitrogen and oxygen atoms in total. The highest BCUT2D eigenvalue weighted by Gasteiger charge is 2.19. The first-order valence-electron chi connectivity index (χ1n) is 11.2. The Morgan fingerprint density at radius 2 is 1.60 bits per heavy atom. The minimum Gasteiger partial charge on any atom is -0.379 e. The molecule has 0 atom stereocenters. The molecule has 2 aliphatic rings. The van der Waals surface area contributed by atoms with Gasteiger partial charge in [0, 0.05) is 19.6 Å². The zero-order valence-electron chi connectivity index (χ0n) is 17.7. The zero-order chi connectivity index (χ0) is 20.3. The van der Waals surface area contributed by atoms with E-state index in [2.05, 4.69) is 84.6 Å². The molecule has 0 unspecified atom stereocenters. The number of morpholine rings is 1. The minimum absolute atomic E-state index is 0.863. The third-order valence-corrected chi connectivity index (χ3v) is 6.45. The number of rotatable bonds is 5. The van der Waals surface area contributed by atoms with E-state index in [1.54, 1.807) is 0 Å². The van der Waals surface area contributed by atoms with Gasteiger partial charge in [0.1, 0.15) is 0 Å². The third kappa shape index (κ3) is 3.74. The van der Waals surface area contributed by atoms with E-state index in [1.807, 2.05) is 0 Å². The average Bonchev–Trinajstić information content (AvgIpc) is 3.16. The van der Waals surface area contributed by atoms with E-state index >= 15 is 0 Å². The molecular weight excluding hydrogens is 366 g/mol. The highest BCUT2D eigenvalue weighted by Crippen LogP contribution is 2.39. The molecule has 152 valence electrons. The van der Waals surface area contributed by atoms with Crippen molar-refractivity contribution in [2.24, 2.45) is 0 Å². The summed E-state index contributed by atoms with van der Waals surface area (Å²) in [6.45, 7) is 7.16. The lowest BCUT2D eigenvalue weighted by Crippen LogP contribution is -2.36. The molecule has 0 amide bonds. The lowest BCUT2D eigenvalue weighted by atomic mass is 9.96. The van der Waals surface area contributed by atoms with Gasteiger partial charge < -0.3 is 4.74 Å². The van der Waals surface area contributed by atoms with Crippen LogP contribution in [0.5, 0.6) is 0 Å². The standard InChI is InChI=1S/C28H29NO/c1-2-21-11-12-22(26-8-4-3-7-25(21)26)19-24-20-23(27-9-5-6-10-28(24)27)13-14-29-15-17-30-18-16-29/h3-12,19-20H,2,13-18H2,1H3/b24-19+. The van der Waals surface area contributed by atoms with Crippen molar-refractivity contribution in [1.82, 2.24) is 4.90 Å². The Morgan fingerprint density at radius 1 is 0.867 bits per heavy atom. The second-order valence-electron chi connectivity index (χ2n) is 8.23. The van der Waals surface area contributed by atoms with Crippen LogP contribution >= 0.6 is 0 Å². The molecule has 2 heteroatoms. The summed E-state index contributed by atoms with van der Waals surface area (Å²) in [6, 6.07) is 22.2. The summed E-state index contributed by atoms with van der Waals surface area (Å²) < 4.78 is 5.50. The predicted octanol–water partition coefficient (Wildman–Crippen LogP) is 6.06. The third-order valence-electron chi connectivity index (χ3n) is 6.45. The Balaban J connectivity index is 1.50. The first-order chi connectivity index (χ1) is 14.8. The Morgan fingerprint density at radius 3 is 2.40 bits per heavy atom. The van der Waals surface area contributed by atoms with E-state index in [-0.39, 0.29) is 0 Å². The van der Waals surface area contributed by atoms with Crippen molar-refractivity contribution in [3.63, 3.8) is 0 Å². The number of allylic oxidation sites excluding steroid dienone is 2. The number of hydrogen-bond acceptors (Lipinski definition) is 2. The summed E-state index contributed by atoms with van der Waals surface area (Å²) in [6.07, 6.45) is 6.94. The van der Waals surface area contributed by atoms with Crippen LogP contribution in [0.15, 0.2) is 66.7 Å². The van der Waals surface area contributed by atoms with Crippen LogP contribution in [0.25, 0.3) is 28.0 Å². The molecule has 3 aromatic rings. The van der Waals surface area contributed by atoms with E-state index in [1.165, 1.54) is 44.2 Å². The fourth-order valence-corrected chi connectivity index (χ4v) is 4.77. The van der Waals surface area contributed by atoms with Crippen molar-refractivity contribution >= 4 is 28.0 Å². The van der Waals surface area contributed by atoms with Crippen LogP contribution in [0.3, 0.4) is 0 Å². The number of benzene rings is 3. The van der Waals surface area contributed by atoms with Crippen LogP contribution in [0.1, 0.15) is 35.6 Å². The molecule has 1 fully saturated rings. The summed E-state index contributed by atoms with van der Waals surface area (Å²) >= 11 is 0. The minimum atomic E-state index is 0.863. The number of fused-ring (bicyclic) bond motifs is 2. The van der Waals surface area contributed by atoms with Gasteiger partial charge >= 0.3 is 0 Å². The molecule has 3 aromatic carbocycles. The molecule has 0 spiro atoms. The number of nitrogens with zero attached hydrogens (tertiary/aromatic N) is 1. The maximum atomic E-state index is 5.50. The van der Waals surface area contributed by atoms with Crippen molar-refractivity contribution in [1.29, 1.82) is 0 Å². The maximum absolute atomic E-state index is 5.50. The smallest absolute Gasteiger partial charge is 0.0594 e. The summed E-state index contributed by atoms with van der Waals surface area (Å²) in [7, 11) is 0. The fraction of sp³-hybridized carbons (Fsp3) is 0.286. The Labute approximate surface area is 179 Å². The first-order valence-corrected chi connectivity index (χ1v) is 11.2. The fourth-order valence-electron chi connectivity index (χ4n) is 4.77. The summed E-state index contributed by atoms with van der Waals surface area (Å²) in [5.41, 5.74) is 8.26. The molecule has 1 aliphatic heterocycles. The van der Waals surface area contributed by atoms with E-state index in [0.717, 1.165) is 45.7 Å². The Hall–Kier alpha value is -2.68. The molecule has 30 heavy (non-hydrogen) atoms. The highest BCUT2D eigenvalue weighted by atomic mass is 16.5. The predicted molar refractivity (Wildman–Crippen MR) is 127 cm³/mol. The normalized spacial score (nSPS) is 18.0. The maximum Gasteiger partial charge on any atom is 0.0594 e. The van der Waals surface area contributed by atoms with Crippen LogP contribution in [-0.2, 0) is 11.2 Å². The van der Waals surface area contributed by atoms with Crippen molar-refractivity contribution in [3.05, 3.63) is 89.0 Å². The molecule has 0 aromatic heterocycles. The van der Waals surface area contributed by atoms with Gasteiger partial charge in [-0.2, -0.15) is 0 Å². The zero-order valence-corrected chi connectivity index (χ0v) is 17.7. The highest BCUT2D eigenvalue weighted by molar-refractivity contribution is 6.05. The molecule has 5 rings (SSSR count). The molecule has 0 saturated carbocycles. The summed E-state index contributed by atoms with van der Waals surface area (Å²) in [4.78, 5) is 2.52. The van der Waals surface area contributed by atoms with Gasteiger partial charge in [-0.15, -0.1) is 0 Å². The van der Waals surface area contributed by atoms with Gasteiger partial charge in [-0.1, -0.05) is 73.7 Å². The van der Waals surface area contributed by atoms with Gasteiger partial charge in [0.05, 0.1) is 13.2 Å². The average molecular weight is 396 g/mol. The molecule has 0 radical (unpaired) electrons. The first kappa shape index (κ1) is 19.3. The van der Waals surface area contributed by atoms with Gasteiger partial charge in [0.2, 0.25) is 0 Å². The van der Waals surface area contributed by atoms with Crippen LogP contribution in [0.4, 0.5) is 0 Å². The number of hydrogen-bond donors (Lipinski definition) is 0. The largest absolute Gasteiger partial charge is 0.379 e. The van der Waals surface area contributed by atoms with Crippen molar-refractivity contribution in [3.8, 4) is 0 Å². The summed E-state index contributed by atoms with van der Waals surface area (Å²) in [5.74, 6) is 0. The van der Waals surface area contributed by atoms with E-state index in [4.69, 9.17) is 4.74 Å². The SMILES string of the molecule is CCc1ccc(/C=C2\C=C(CCN3CCOCC3)c3ccccc32)c2ccccc12. The van der Waals surface area contributed by atoms with Crippen LogP contribution < -0.4 is 0 Å². The lowest BCUT2D eigenvalue weighted by molar-refractivity contribution is 0.0390. The van der Waals surface area contributed by atoms with Crippen molar-refractivity contribution in [2.75, 3.05) is 32.8 Å². The van der Waals surface area contributed by atoms with Gasteiger partial charge in [0.15, 0.2) is 0 Å². The van der Waals surface area contributed by atoms with E-state index in [9.17, 15) is 0 Å². The second-order valence-corrected chi connectivity index (χ2v) is 8.23. The molecule has 1 aliphatic carbocycles. The Kier molecular flexibility index (Phi) is 5.52. The van der Waals surface area contributed by atoms with Gasteiger partial charge in [-0.25, -0.2) is 0 Å². The Bertz CT molecular complexity index is 1120. The molecular formula is C28H29NO. The van der Waals surface area contributed by atoms with Gasteiger partial charge in [-0.3, -0.25) is 4.90 Å². The quantitative estimate of drug-likeness (QED) is 0.520. The molecule has 1 heterocycles. The van der Waals surface area contributed by atoms with Crippen LogP contribution in [0.2, 0.25) is 0 Å². The lowest BCUT2D eigenvalue weighted by Gasteiger charge is -2.26. The second kappa shape index (κ2) is 8.59. The molecule has 0 N–H and O–H groups in total. The monoisotopic (exact) mass is 395 g/mol. The van der Waals surface area contributed by atoms with Crippen molar-refractivity contribution < 1.29 is 4.74 Å². The van der Waals surface area contributed by atoms with E-state index < -0.39 is 0 Å². The molecule has 1 saturated heterocycles. The van der Waals surface area contributed by atoms with E-state index in [0.29, 0.717) is 0 Å². The van der Waals surface area contributed by atoms with Crippen LogP contribution in [0, 0.1) is 0 Å². The number of aryl methyl sites for hydroxylation is 1. The summed E-state index contributed by atoms with van der Waals surface area (Å²) in [5, 5.41) is 2.72. The van der Waals surface area contributed by atoms with Crippen molar-refractivity contribution in [2.45, 2.75) is 19.8 Å². The van der Waals surface area contributed by atoms with Crippen LogP contribution in [-0.4, -0.2) is 37.7 Å². The molecule has 0 bridgehead atoms.